The van der Waals surface area contributed by atoms with Crippen LogP contribution in [-0.2, 0) is 11.3 Å². The van der Waals surface area contributed by atoms with Gasteiger partial charge in [0.2, 0.25) is 0 Å². The van der Waals surface area contributed by atoms with Crippen LogP contribution in [0.25, 0.3) is 0 Å². The van der Waals surface area contributed by atoms with Gasteiger partial charge in [-0.05, 0) is 5.92 Å². The Morgan fingerprint density at radius 2 is 1.70 bits per heavy atom. The van der Waals surface area contributed by atoms with E-state index in [-0.39, 0.29) is 0 Å². The Morgan fingerprint density at radius 1 is 1.17 bits per heavy atom. The summed E-state index contributed by atoms with van der Waals surface area (Å²) in [6.45, 7) is 7.63. The first-order valence-electron chi connectivity index (χ1n) is 8.79. The van der Waals surface area contributed by atoms with E-state index in [0.29, 0.717) is 13.1 Å². The summed E-state index contributed by atoms with van der Waals surface area (Å²) in [5.41, 5.74) is 0. The minimum absolute atomic E-state index is 0.442. The van der Waals surface area contributed by atoms with Crippen LogP contribution in [0, 0.1) is 5.92 Å². The van der Waals surface area contributed by atoms with Crippen molar-refractivity contribution >= 4 is 6.09 Å². The topological polar surface area (TPSA) is 69.0 Å². The van der Waals surface area contributed by atoms with Crippen molar-refractivity contribution in [2.75, 3.05) is 13.7 Å². The summed E-state index contributed by atoms with van der Waals surface area (Å²) in [6, 6.07) is 0. The highest BCUT2D eigenvalue weighted by molar-refractivity contribution is 5.66. The van der Waals surface area contributed by atoms with Crippen LogP contribution in [0.4, 0.5) is 4.79 Å². The Labute approximate surface area is 141 Å². The van der Waals surface area contributed by atoms with E-state index in [1.54, 1.807) is 12.4 Å². The molecule has 6 heteroatoms. The van der Waals surface area contributed by atoms with Gasteiger partial charge in [-0.1, -0.05) is 65.7 Å². The monoisotopic (exact) mass is 326 g/mol. The average molecular weight is 326 g/mol. The summed E-state index contributed by atoms with van der Waals surface area (Å²) < 4.78 is 4.37. The van der Waals surface area contributed by atoms with Crippen LogP contribution in [0.15, 0.2) is 12.4 Å². The van der Waals surface area contributed by atoms with Crippen molar-refractivity contribution in [1.29, 1.82) is 0 Å². The van der Waals surface area contributed by atoms with E-state index in [1.165, 1.54) is 56.9 Å². The maximum absolute atomic E-state index is 10.6. The Kier molecular flexibility index (Phi) is 14.3. The van der Waals surface area contributed by atoms with Gasteiger partial charge in [0.15, 0.2) is 0 Å². The van der Waals surface area contributed by atoms with E-state index in [9.17, 15) is 4.79 Å². The van der Waals surface area contributed by atoms with Crippen LogP contribution in [0.3, 0.4) is 0 Å². The van der Waals surface area contributed by atoms with E-state index >= 15 is 0 Å². The third-order valence-corrected chi connectivity index (χ3v) is 3.38. The fourth-order valence-corrected chi connectivity index (χ4v) is 2.17. The molecule has 1 aromatic rings. The minimum atomic E-state index is -0.442. The van der Waals surface area contributed by atoms with E-state index in [4.69, 9.17) is 0 Å². The number of hydrogen-bond donors (Lipinski definition) is 1. The van der Waals surface area contributed by atoms with Crippen LogP contribution in [0.5, 0.6) is 0 Å². The number of methoxy groups -OCH3 is 1. The van der Waals surface area contributed by atoms with Crippen molar-refractivity contribution in [2.45, 2.75) is 72.3 Å². The number of hydrogen-bond acceptors (Lipinski definition) is 4. The molecule has 1 amide bonds. The molecule has 1 aliphatic rings. The highest BCUT2D eigenvalue weighted by Gasteiger charge is 2.05. The zero-order valence-electron chi connectivity index (χ0n) is 15.3. The fourth-order valence-electron chi connectivity index (χ4n) is 2.17. The van der Waals surface area contributed by atoms with Crippen molar-refractivity contribution in [3.8, 4) is 0 Å². The van der Waals surface area contributed by atoms with Gasteiger partial charge < -0.3 is 10.1 Å². The molecule has 0 bridgehead atoms. The highest BCUT2D eigenvalue weighted by Crippen LogP contribution is 2.21. The van der Waals surface area contributed by atoms with Gasteiger partial charge >= 0.3 is 6.09 Å². The van der Waals surface area contributed by atoms with Crippen LogP contribution in [-0.4, -0.2) is 34.7 Å². The third-order valence-electron chi connectivity index (χ3n) is 3.38. The molecule has 6 nitrogen and oxygen atoms in total. The summed E-state index contributed by atoms with van der Waals surface area (Å²) in [5.74, 6) is 1.03. The number of nitrogens with one attached hydrogen (secondary N) is 1. The standard InChI is InChI=1S/C8H16.C6H10N4O2.C3H8/c1-8-6-4-2-3-5-7-8;1-12-6(11)7-4-5-10-8-2-3-9-10;1-3-2/h8H,2-7H2,1H3;2-3H,4-5H2,1H3,(H,7,11);3H2,1-2H3. The molecule has 1 fully saturated rings. The van der Waals surface area contributed by atoms with Crippen molar-refractivity contribution in [3.05, 3.63) is 12.4 Å². The second-order valence-electron chi connectivity index (χ2n) is 5.85. The second kappa shape index (κ2) is 15.3. The van der Waals surface area contributed by atoms with Crippen molar-refractivity contribution in [1.82, 2.24) is 20.3 Å². The summed E-state index contributed by atoms with van der Waals surface area (Å²) in [5, 5.41) is 10.2. The van der Waals surface area contributed by atoms with Gasteiger partial charge in [0.1, 0.15) is 0 Å². The Hall–Kier alpha value is -1.59. The van der Waals surface area contributed by atoms with Gasteiger partial charge in [-0.3, -0.25) is 0 Å². The van der Waals surface area contributed by atoms with Crippen LogP contribution in [0.2, 0.25) is 0 Å². The first-order valence-corrected chi connectivity index (χ1v) is 8.79. The van der Waals surface area contributed by atoms with Crippen molar-refractivity contribution < 1.29 is 9.53 Å². The van der Waals surface area contributed by atoms with Crippen molar-refractivity contribution in [2.24, 2.45) is 5.92 Å². The van der Waals surface area contributed by atoms with E-state index in [1.807, 2.05) is 0 Å². The number of amides is 1. The highest BCUT2D eigenvalue weighted by atomic mass is 16.5. The zero-order chi connectivity index (χ0) is 17.3. The summed E-state index contributed by atoms with van der Waals surface area (Å²) in [4.78, 5) is 12.0. The Morgan fingerprint density at radius 3 is 2.17 bits per heavy atom. The van der Waals surface area contributed by atoms with Gasteiger partial charge in [-0.2, -0.15) is 15.0 Å². The fraction of sp³-hybridized carbons (Fsp3) is 0.824. The Balaban J connectivity index is 0.000000379. The lowest BCUT2D eigenvalue weighted by molar-refractivity contribution is 0.170. The van der Waals surface area contributed by atoms with Crippen LogP contribution >= 0.6 is 0 Å². The Bertz CT molecular complexity index is 361. The molecule has 0 spiro atoms. The molecule has 0 saturated heterocycles. The molecule has 1 N–H and O–H groups in total. The van der Waals surface area contributed by atoms with Crippen LogP contribution < -0.4 is 5.32 Å². The molecule has 1 aromatic heterocycles. The molecule has 134 valence electrons. The lowest BCUT2D eigenvalue weighted by atomic mass is 10.0. The quantitative estimate of drug-likeness (QED) is 0.852. The van der Waals surface area contributed by atoms with Gasteiger partial charge in [-0.25, -0.2) is 4.79 Å². The normalized spacial score (nSPS) is 14.4. The van der Waals surface area contributed by atoms with E-state index in [0.717, 1.165) is 5.92 Å². The van der Waals surface area contributed by atoms with E-state index in [2.05, 4.69) is 41.0 Å². The minimum Gasteiger partial charge on any atom is -0.453 e. The van der Waals surface area contributed by atoms with E-state index < -0.39 is 6.09 Å². The molecule has 1 saturated carbocycles. The molecule has 0 aromatic carbocycles. The zero-order valence-corrected chi connectivity index (χ0v) is 15.3. The number of rotatable bonds is 3. The van der Waals surface area contributed by atoms with Crippen molar-refractivity contribution in [3.63, 3.8) is 0 Å². The van der Waals surface area contributed by atoms with Gasteiger partial charge in [0.05, 0.1) is 26.0 Å². The maximum Gasteiger partial charge on any atom is 0.406 e. The van der Waals surface area contributed by atoms with Gasteiger partial charge in [-0.15, -0.1) is 0 Å². The summed E-state index contributed by atoms with van der Waals surface area (Å²) >= 11 is 0. The molecular weight excluding hydrogens is 292 g/mol. The SMILES string of the molecule is CC1CCCCCC1.CCC.COC(=O)NCCn1nccn1. The predicted octanol–water partition coefficient (Wildman–Crippen LogP) is 4.03. The predicted molar refractivity (Wildman–Crippen MR) is 93.3 cm³/mol. The number of carbonyl (C=O) groups excluding carboxylic acids is 1. The number of nitrogens with zero attached hydrogens (tertiary/aromatic N) is 3. The lowest BCUT2D eigenvalue weighted by Gasteiger charge is -2.02. The average Bonchev–Trinajstić information content (AvgIpc) is 2.94. The molecule has 0 radical (unpaired) electrons. The molecule has 1 heterocycles. The van der Waals surface area contributed by atoms with Gasteiger partial charge in [0, 0.05) is 6.54 Å². The molecular formula is C17H34N4O2. The molecule has 2 rings (SSSR count). The number of carbonyl (C=O) groups is 1. The first kappa shape index (κ1) is 21.4. The number of alkyl carbamates (subject to hydrolysis) is 1. The smallest absolute Gasteiger partial charge is 0.406 e. The maximum atomic E-state index is 10.6. The third kappa shape index (κ3) is 13.8. The number of aromatic nitrogens is 3. The molecule has 0 aliphatic heterocycles. The molecule has 23 heavy (non-hydrogen) atoms. The first-order chi connectivity index (χ1) is 11.1. The summed E-state index contributed by atoms with van der Waals surface area (Å²) in [7, 11) is 1.32. The second-order valence-corrected chi connectivity index (χ2v) is 5.85. The lowest BCUT2D eigenvalue weighted by Crippen LogP contribution is -2.27. The van der Waals surface area contributed by atoms with Crippen LogP contribution in [0.1, 0.15) is 65.7 Å². The molecule has 1 aliphatic carbocycles. The largest absolute Gasteiger partial charge is 0.453 e. The number of ether oxygens (including phenoxy) is 1. The summed E-state index contributed by atoms with van der Waals surface area (Å²) in [6.07, 6.45) is 12.9. The van der Waals surface area contributed by atoms with Gasteiger partial charge in [0.25, 0.3) is 0 Å². The molecule has 0 unspecified atom stereocenters. The molecule has 0 atom stereocenters.